The zero-order valence-electron chi connectivity index (χ0n) is 16.3. The Morgan fingerprint density at radius 1 is 1.00 bits per heavy atom. The highest BCUT2D eigenvalue weighted by Crippen LogP contribution is 2.48. The Hall–Kier alpha value is -2.49. The molecule has 4 heteroatoms. The molecule has 1 heterocycles. The van der Waals surface area contributed by atoms with Gasteiger partial charge in [0.1, 0.15) is 13.2 Å². The average molecular weight is 365 g/mol. The fraction of sp³-hybridized carbons (Fsp3) is 0.435. The summed E-state index contributed by atoms with van der Waals surface area (Å²) in [5.41, 5.74) is 3.19. The van der Waals surface area contributed by atoms with Crippen molar-refractivity contribution >= 4 is 5.91 Å². The van der Waals surface area contributed by atoms with Crippen LogP contribution in [0.4, 0.5) is 0 Å². The number of hydrogen-bond donors (Lipinski definition) is 1. The molecule has 1 amide bonds. The molecular formula is C23H27NO3. The van der Waals surface area contributed by atoms with Crippen LogP contribution < -0.4 is 14.8 Å². The second kappa shape index (κ2) is 6.59. The molecule has 1 N–H and O–H groups in total. The van der Waals surface area contributed by atoms with Crippen molar-refractivity contribution in [2.75, 3.05) is 13.2 Å². The summed E-state index contributed by atoms with van der Waals surface area (Å²) in [6.07, 6.45) is 1.82. The highest BCUT2D eigenvalue weighted by Gasteiger charge is 2.51. The van der Waals surface area contributed by atoms with E-state index in [9.17, 15) is 4.79 Å². The van der Waals surface area contributed by atoms with Crippen LogP contribution in [0.3, 0.4) is 0 Å². The number of carbonyl (C=O) groups is 1. The maximum Gasteiger partial charge on any atom is 0.230 e. The van der Waals surface area contributed by atoms with Gasteiger partial charge >= 0.3 is 0 Å². The predicted octanol–water partition coefficient (Wildman–Crippen LogP) is 4.10. The van der Waals surface area contributed by atoms with Crippen LogP contribution in [0.5, 0.6) is 11.5 Å². The van der Waals surface area contributed by atoms with E-state index in [2.05, 4.69) is 50.4 Å². The van der Waals surface area contributed by atoms with Crippen molar-refractivity contribution in [2.45, 2.75) is 51.0 Å². The van der Waals surface area contributed by atoms with Gasteiger partial charge in [-0.25, -0.2) is 0 Å². The van der Waals surface area contributed by atoms with Gasteiger partial charge in [-0.05, 0) is 47.1 Å². The minimum absolute atomic E-state index is 0.112. The summed E-state index contributed by atoms with van der Waals surface area (Å²) in [6, 6.07) is 14.4. The molecule has 0 bridgehead atoms. The average Bonchev–Trinajstić information content (AvgIpc) is 3.47. The molecule has 4 nitrogen and oxygen atoms in total. The Morgan fingerprint density at radius 3 is 2.30 bits per heavy atom. The van der Waals surface area contributed by atoms with E-state index in [1.807, 2.05) is 18.2 Å². The highest BCUT2D eigenvalue weighted by molar-refractivity contribution is 5.91. The first-order chi connectivity index (χ1) is 12.9. The van der Waals surface area contributed by atoms with E-state index >= 15 is 0 Å². The summed E-state index contributed by atoms with van der Waals surface area (Å²) in [7, 11) is 0. The normalized spacial score (nSPS) is 17.3. The van der Waals surface area contributed by atoms with E-state index in [1.165, 1.54) is 5.56 Å². The quantitative estimate of drug-likeness (QED) is 0.887. The van der Waals surface area contributed by atoms with Gasteiger partial charge in [0.2, 0.25) is 5.91 Å². The van der Waals surface area contributed by atoms with Crippen molar-refractivity contribution < 1.29 is 14.3 Å². The predicted molar refractivity (Wildman–Crippen MR) is 105 cm³/mol. The molecule has 1 aliphatic carbocycles. The summed E-state index contributed by atoms with van der Waals surface area (Å²) < 4.78 is 11.2. The van der Waals surface area contributed by atoms with Crippen molar-refractivity contribution in [3.05, 3.63) is 59.2 Å². The van der Waals surface area contributed by atoms with E-state index in [4.69, 9.17) is 9.47 Å². The summed E-state index contributed by atoms with van der Waals surface area (Å²) in [4.78, 5) is 12.9. The van der Waals surface area contributed by atoms with Crippen LogP contribution in [-0.4, -0.2) is 19.1 Å². The van der Waals surface area contributed by atoms with Crippen LogP contribution in [0.15, 0.2) is 42.5 Å². The topological polar surface area (TPSA) is 47.6 Å². The Kier molecular flexibility index (Phi) is 4.37. The van der Waals surface area contributed by atoms with Crippen molar-refractivity contribution in [1.29, 1.82) is 0 Å². The number of carbonyl (C=O) groups excluding carboxylic acids is 1. The van der Waals surface area contributed by atoms with E-state index in [-0.39, 0.29) is 16.7 Å². The molecule has 0 aromatic heterocycles. The second-order valence-electron chi connectivity index (χ2n) is 8.57. The van der Waals surface area contributed by atoms with Gasteiger partial charge in [0.15, 0.2) is 11.5 Å². The van der Waals surface area contributed by atoms with Crippen molar-refractivity contribution in [2.24, 2.45) is 0 Å². The van der Waals surface area contributed by atoms with Crippen molar-refractivity contribution in [3.63, 3.8) is 0 Å². The van der Waals surface area contributed by atoms with Crippen LogP contribution in [0, 0.1) is 0 Å². The molecular weight excluding hydrogens is 338 g/mol. The van der Waals surface area contributed by atoms with Crippen LogP contribution in [0.25, 0.3) is 0 Å². The monoisotopic (exact) mass is 365 g/mol. The van der Waals surface area contributed by atoms with Gasteiger partial charge in [0.25, 0.3) is 0 Å². The number of rotatable bonds is 4. The highest BCUT2D eigenvalue weighted by atomic mass is 16.6. The van der Waals surface area contributed by atoms with Crippen molar-refractivity contribution in [3.8, 4) is 11.5 Å². The first kappa shape index (κ1) is 17.9. The minimum Gasteiger partial charge on any atom is -0.486 e. The maximum absolute atomic E-state index is 12.9. The molecule has 2 aliphatic rings. The number of ether oxygens (including phenoxy) is 2. The van der Waals surface area contributed by atoms with Gasteiger partial charge < -0.3 is 14.8 Å². The van der Waals surface area contributed by atoms with Crippen LogP contribution in [0.1, 0.15) is 50.3 Å². The van der Waals surface area contributed by atoms with E-state index in [0.717, 1.165) is 35.5 Å². The largest absolute Gasteiger partial charge is 0.486 e. The zero-order chi connectivity index (χ0) is 19.1. The maximum atomic E-state index is 12.9. The molecule has 1 fully saturated rings. The lowest BCUT2D eigenvalue weighted by Gasteiger charge is -2.21. The lowest BCUT2D eigenvalue weighted by molar-refractivity contribution is -0.123. The van der Waals surface area contributed by atoms with Crippen LogP contribution in [-0.2, 0) is 22.2 Å². The zero-order valence-corrected chi connectivity index (χ0v) is 16.3. The SMILES string of the molecule is CC(C)(C)c1ccc(C2(C(=O)NCc3ccc4c(c3)OCCO4)CC2)cc1. The molecule has 0 atom stereocenters. The Labute approximate surface area is 160 Å². The minimum atomic E-state index is -0.357. The molecule has 2 aromatic carbocycles. The van der Waals surface area contributed by atoms with Crippen LogP contribution in [0.2, 0.25) is 0 Å². The molecule has 0 saturated heterocycles. The standard InChI is InChI=1S/C23H27NO3/c1-22(2,3)17-5-7-18(8-6-17)23(10-11-23)21(25)24-15-16-4-9-19-20(14-16)27-13-12-26-19/h4-9,14H,10-13,15H2,1-3H3,(H,24,25). The first-order valence-electron chi connectivity index (χ1n) is 9.66. The van der Waals surface area contributed by atoms with E-state index < -0.39 is 0 Å². The van der Waals surface area contributed by atoms with Gasteiger partial charge in [-0.15, -0.1) is 0 Å². The lowest BCUT2D eigenvalue weighted by Crippen LogP contribution is -2.34. The summed E-state index contributed by atoms with van der Waals surface area (Å²) >= 11 is 0. The van der Waals surface area contributed by atoms with E-state index in [1.54, 1.807) is 0 Å². The third kappa shape index (κ3) is 3.53. The van der Waals surface area contributed by atoms with Gasteiger partial charge in [-0.1, -0.05) is 51.1 Å². The van der Waals surface area contributed by atoms with E-state index in [0.29, 0.717) is 19.8 Å². The van der Waals surface area contributed by atoms with Crippen molar-refractivity contribution in [1.82, 2.24) is 5.32 Å². The molecule has 0 radical (unpaired) electrons. The number of nitrogens with one attached hydrogen (secondary N) is 1. The Morgan fingerprint density at radius 2 is 1.67 bits per heavy atom. The summed E-state index contributed by atoms with van der Waals surface area (Å²) in [5.74, 6) is 1.64. The molecule has 27 heavy (non-hydrogen) atoms. The molecule has 1 aliphatic heterocycles. The third-order valence-corrected chi connectivity index (χ3v) is 5.55. The first-order valence-corrected chi connectivity index (χ1v) is 9.66. The van der Waals surface area contributed by atoms with Gasteiger partial charge in [0, 0.05) is 6.54 Å². The van der Waals surface area contributed by atoms with Crippen LogP contribution >= 0.6 is 0 Å². The number of fused-ring (bicyclic) bond motifs is 1. The molecule has 1 saturated carbocycles. The molecule has 4 rings (SSSR count). The molecule has 2 aromatic rings. The Bertz CT molecular complexity index is 845. The smallest absolute Gasteiger partial charge is 0.230 e. The molecule has 0 unspecified atom stereocenters. The van der Waals surface area contributed by atoms with Gasteiger partial charge in [0.05, 0.1) is 5.41 Å². The fourth-order valence-electron chi connectivity index (χ4n) is 3.61. The number of hydrogen-bond acceptors (Lipinski definition) is 3. The fourth-order valence-corrected chi connectivity index (χ4v) is 3.61. The number of amides is 1. The summed E-state index contributed by atoms with van der Waals surface area (Å²) in [5, 5.41) is 3.12. The second-order valence-corrected chi connectivity index (χ2v) is 8.57. The Balaban J connectivity index is 1.43. The van der Waals surface area contributed by atoms with Gasteiger partial charge in [-0.3, -0.25) is 4.79 Å². The molecule has 142 valence electrons. The summed E-state index contributed by atoms with van der Waals surface area (Å²) in [6.45, 7) is 8.26. The lowest BCUT2D eigenvalue weighted by atomic mass is 9.85. The number of benzene rings is 2. The van der Waals surface area contributed by atoms with Gasteiger partial charge in [-0.2, -0.15) is 0 Å². The third-order valence-electron chi connectivity index (χ3n) is 5.55. The molecule has 0 spiro atoms.